The van der Waals surface area contributed by atoms with Gasteiger partial charge >= 0.3 is 0 Å². The number of rotatable bonds is 5. The molecule has 0 aliphatic heterocycles. The van der Waals surface area contributed by atoms with Gasteiger partial charge < -0.3 is 15.5 Å². The maximum Gasteiger partial charge on any atom is 0.233 e. The smallest absolute Gasteiger partial charge is 0.233 e. The summed E-state index contributed by atoms with van der Waals surface area (Å²) >= 11 is 12.0. The van der Waals surface area contributed by atoms with Crippen LogP contribution in [-0.2, 0) is 0 Å². The molecule has 29 heavy (non-hydrogen) atoms. The van der Waals surface area contributed by atoms with E-state index in [-0.39, 0.29) is 5.28 Å². The molecule has 0 saturated carbocycles. The molecule has 0 atom stereocenters. The first-order valence-electron chi connectivity index (χ1n) is 8.75. The van der Waals surface area contributed by atoms with E-state index in [0.29, 0.717) is 16.9 Å². The van der Waals surface area contributed by atoms with Gasteiger partial charge in [0, 0.05) is 47.8 Å². The number of halogens is 2. The first-order chi connectivity index (χ1) is 14.0. The minimum Gasteiger partial charge on any atom is -0.355 e. The fourth-order valence-electron chi connectivity index (χ4n) is 2.75. The molecule has 0 radical (unpaired) electrons. The minimum absolute atomic E-state index is 0.133. The minimum atomic E-state index is 0.133. The standard InChI is InChI=1S/C20H17Cl2N7/c1-29(2)20-27-18(22)26-19(28-20)25-14-6-4-13(5-7-14)24-16-9-10-23-17-11-12(21)3-8-15(16)17/h3-11H,1-2H3,(H,23,24)(H,25,26,27,28). The quantitative estimate of drug-likeness (QED) is 0.450. The van der Waals surface area contributed by atoms with Crippen molar-refractivity contribution >= 4 is 63.1 Å². The number of aromatic nitrogens is 4. The maximum absolute atomic E-state index is 6.06. The lowest BCUT2D eigenvalue weighted by molar-refractivity contribution is 0.961. The molecule has 0 bridgehead atoms. The number of benzene rings is 2. The Morgan fingerprint density at radius 1 is 0.828 bits per heavy atom. The summed E-state index contributed by atoms with van der Waals surface area (Å²) in [6.07, 6.45) is 1.75. The molecule has 2 aromatic carbocycles. The Morgan fingerprint density at radius 3 is 2.28 bits per heavy atom. The highest BCUT2D eigenvalue weighted by atomic mass is 35.5. The number of nitrogens with zero attached hydrogens (tertiary/aromatic N) is 5. The average Bonchev–Trinajstić information content (AvgIpc) is 2.69. The van der Waals surface area contributed by atoms with Crippen molar-refractivity contribution < 1.29 is 0 Å². The summed E-state index contributed by atoms with van der Waals surface area (Å²) < 4.78 is 0. The molecular formula is C20H17Cl2N7. The first kappa shape index (κ1) is 19.2. The van der Waals surface area contributed by atoms with Gasteiger partial charge in [-0.1, -0.05) is 11.6 Å². The highest BCUT2D eigenvalue weighted by molar-refractivity contribution is 6.31. The van der Waals surface area contributed by atoms with Gasteiger partial charge in [0.25, 0.3) is 0 Å². The predicted octanol–water partition coefficient (Wildman–Crippen LogP) is 5.28. The Kier molecular flexibility index (Phi) is 5.33. The van der Waals surface area contributed by atoms with Crippen LogP contribution in [0, 0.1) is 0 Å². The van der Waals surface area contributed by atoms with E-state index >= 15 is 0 Å². The van der Waals surface area contributed by atoms with Crippen LogP contribution in [-0.4, -0.2) is 34.0 Å². The Labute approximate surface area is 177 Å². The van der Waals surface area contributed by atoms with Crippen LogP contribution in [0.2, 0.25) is 10.3 Å². The molecule has 0 spiro atoms. The van der Waals surface area contributed by atoms with Crippen LogP contribution < -0.4 is 15.5 Å². The van der Waals surface area contributed by atoms with Crippen molar-refractivity contribution in [2.75, 3.05) is 29.6 Å². The topological polar surface area (TPSA) is 78.9 Å². The van der Waals surface area contributed by atoms with Crippen LogP contribution in [0.15, 0.2) is 54.7 Å². The molecule has 7 nitrogen and oxygen atoms in total. The molecule has 0 unspecified atom stereocenters. The van der Waals surface area contributed by atoms with Crippen LogP contribution in [0.5, 0.6) is 0 Å². The van der Waals surface area contributed by atoms with Gasteiger partial charge in [0.1, 0.15) is 0 Å². The number of nitrogens with one attached hydrogen (secondary N) is 2. The Bertz CT molecular complexity index is 1160. The Hall–Kier alpha value is -3.16. The third-order valence-corrected chi connectivity index (χ3v) is 4.53. The van der Waals surface area contributed by atoms with E-state index in [9.17, 15) is 0 Å². The molecule has 0 aliphatic carbocycles. The first-order valence-corrected chi connectivity index (χ1v) is 9.51. The van der Waals surface area contributed by atoms with Crippen molar-refractivity contribution in [2.24, 2.45) is 0 Å². The molecule has 9 heteroatoms. The van der Waals surface area contributed by atoms with E-state index in [1.165, 1.54) is 0 Å². The molecule has 4 rings (SSSR count). The summed E-state index contributed by atoms with van der Waals surface area (Å²) in [5, 5.41) is 8.34. The predicted molar refractivity (Wildman–Crippen MR) is 119 cm³/mol. The van der Waals surface area contributed by atoms with Gasteiger partial charge in [-0.3, -0.25) is 4.98 Å². The van der Waals surface area contributed by atoms with Crippen molar-refractivity contribution in [3.8, 4) is 0 Å². The number of hydrogen-bond donors (Lipinski definition) is 2. The third kappa shape index (κ3) is 4.47. The number of hydrogen-bond acceptors (Lipinski definition) is 7. The van der Waals surface area contributed by atoms with E-state index in [0.717, 1.165) is 28.0 Å². The van der Waals surface area contributed by atoms with Gasteiger partial charge in [-0.25, -0.2) is 0 Å². The molecule has 4 aromatic rings. The fraction of sp³-hybridized carbons (Fsp3) is 0.100. The lowest BCUT2D eigenvalue weighted by Gasteiger charge is -2.13. The SMILES string of the molecule is CN(C)c1nc(Cl)nc(Nc2ccc(Nc3ccnc4cc(Cl)ccc34)cc2)n1. The lowest BCUT2D eigenvalue weighted by Crippen LogP contribution is -2.14. The molecule has 0 amide bonds. The number of anilines is 5. The van der Waals surface area contributed by atoms with Crippen LogP contribution in [0.1, 0.15) is 0 Å². The lowest BCUT2D eigenvalue weighted by atomic mass is 10.2. The zero-order valence-corrected chi connectivity index (χ0v) is 17.2. The van der Waals surface area contributed by atoms with E-state index in [4.69, 9.17) is 23.2 Å². The molecule has 2 heterocycles. The molecule has 0 fully saturated rings. The normalized spacial score (nSPS) is 10.8. The molecule has 0 saturated heterocycles. The summed E-state index contributed by atoms with van der Waals surface area (Å²) in [4.78, 5) is 18.6. The molecule has 146 valence electrons. The Balaban J connectivity index is 1.53. The second kappa shape index (κ2) is 8.06. The van der Waals surface area contributed by atoms with Crippen LogP contribution >= 0.6 is 23.2 Å². The zero-order valence-electron chi connectivity index (χ0n) is 15.7. The Morgan fingerprint density at radius 2 is 1.55 bits per heavy atom. The number of fused-ring (bicyclic) bond motifs is 1. The third-order valence-electron chi connectivity index (χ3n) is 4.12. The van der Waals surface area contributed by atoms with E-state index in [2.05, 4.69) is 30.6 Å². The van der Waals surface area contributed by atoms with Crippen molar-refractivity contribution in [3.63, 3.8) is 0 Å². The van der Waals surface area contributed by atoms with Gasteiger partial charge in [0.15, 0.2) is 0 Å². The van der Waals surface area contributed by atoms with Gasteiger partial charge in [0.05, 0.1) is 5.52 Å². The van der Waals surface area contributed by atoms with Crippen molar-refractivity contribution in [3.05, 3.63) is 65.0 Å². The maximum atomic E-state index is 6.06. The van der Waals surface area contributed by atoms with Gasteiger partial charge in [-0.2, -0.15) is 15.0 Å². The second-order valence-corrected chi connectivity index (χ2v) is 7.24. The highest BCUT2D eigenvalue weighted by Crippen LogP contribution is 2.28. The van der Waals surface area contributed by atoms with Crippen molar-refractivity contribution in [2.45, 2.75) is 0 Å². The van der Waals surface area contributed by atoms with Crippen LogP contribution in [0.4, 0.5) is 29.0 Å². The summed E-state index contributed by atoms with van der Waals surface area (Å²) in [5.74, 6) is 0.863. The highest BCUT2D eigenvalue weighted by Gasteiger charge is 2.08. The number of pyridine rings is 1. The second-order valence-electron chi connectivity index (χ2n) is 6.47. The zero-order chi connectivity index (χ0) is 20.4. The summed E-state index contributed by atoms with van der Waals surface area (Å²) in [5.41, 5.74) is 3.55. The summed E-state index contributed by atoms with van der Waals surface area (Å²) in [7, 11) is 3.68. The molecule has 2 aromatic heterocycles. The van der Waals surface area contributed by atoms with Crippen molar-refractivity contribution in [1.29, 1.82) is 0 Å². The largest absolute Gasteiger partial charge is 0.355 e. The van der Waals surface area contributed by atoms with E-state index in [1.54, 1.807) is 11.1 Å². The van der Waals surface area contributed by atoms with Crippen LogP contribution in [0.25, 0.3) is 10.9 Å². The van der Waals surface area contributed by atoms with Gasteiger partial charge in [0.2, 0.25) is 17.2 Å². The van der Waals surface area contributed by atoms with E-state index < -0.39 is 0 Å². The molecular weight excluding hydrogens is 409 g/mol. The summed E-state index contributed by atoms with van der Waals surface area (Å²) in [6.45, 7) is 0. The van der Waals surface area contributed by atoms with E-state index in [1.807, 2.05) is 62.6 Å². The summed E-state index contributed by atoms with van der Waals surface area (Å²) in [6, 6.07) is 15.3. The molecule has 2 N–H and O–H groups in total. The molecule has 0 aliphatic rings. The van der Waals surface area contributed by atoms with Crippen LogP contribution in [0.3, 0.4) is 0 Å². The van der Waals surface area contributed by atoms with Gasteiger partial charge in [-0.05, 0) is 60.1 Å². The average molecular weight is 426 g/mol. The van der Waals surface area contributed by atoms with Gasteiger partial charge in [-0.15, -0.1) is 0 Å². The van der Waals surface area contributed by atoms with Crippen molar-refractivity contribution in [1.82, 2.24) is 19.9 Å². The fourth-order valence-corrected chi connectivity index (χ4v) is 3.07. The monoisotopic (exact) mass is 425 g/mol.